The van der Waals surface area contributed by atoms with Crippen molar-refractivity contribution in [2.24, 2.45) is 0 Å². The Morgan fingerprint density at radius 2 is 2.00 bits per heavy atom. The number of nitrogens with one attached hydrogen (secondary N) is 1. The fourth-order valence-corrected chi connectivity index (χ4v) is 2.41. The Balaban J connectivity index is 2.69. The molecule has 1 aromatic carbocycles. The monoisotopic (exact) mass is 299 g/mol. The quantitative estimate of drug-likeness (QED) is 0.554. The van der Waals surface area contributed by atoms with Crippen LogP contribution in [0.4, 0.5) is 0 Å². The van der Waals surface area contributed by atoms with Crippen LogP contribution in [0.2, 0.25) is 0 Å². The minimum atomic E-state index is -3.56. The molecular formula is C13H17NO5S. The molecule has 2 N–H and O–H groups in total. The van der Waals surface area contributed by atoms with Gasteiger partial charge in [0.2, 0.25) is 10.0 Å². The molecule has 0 radical (unpaired) electrons. The van der Waals surface area contributed by atoms with Gasteiger partial charge in [-0.2, -0.15) is 0 Å². The molecule has 0 saturated heterocycles. The number of hydrogen-bond donors (Lipinski definition) is 2. The van der Waals surface area contributed by atoms with Gasteiger partial charge in [0.15, 0.2) is 0 Å². The molecule has 0 bridgehead atoms. The second kappa shape index (κ2) is 7.78. The van der Waals surface area contributed by atoms with Crippen molar-refractivity contribution in [3.05, 3.63) is 35.9 Å². The summed E-state index contributed by atoms with van der Waals surface area (Å²) in [5.74, 6) is -1.06. The van der Waals surface area contributed by atoms with Crippen LogP contribution in [-0.2, 0) is 19.6 Å². The Kier molecular flexibility index (Phi) is 6.37. The summed E-state index contributed by atoms with van der Waals surface area (Å²) in [6.07, 6.45) is 2.38. The predicted octanol–water partition coefficient (Wildman–Crippen LogP) is 1.10. The number of carbonyl (C=O) groups is 1. The van der Waals surface area contributed by atoms with Crippen molar-refractivity contribution in [2.75, 3.05) is 19.8 Å². The maximum absolute atomic E-state index is 11.9. The molecule has 7 heteroatoms. The van der Waals surface area contributed by atoms with Crippen molar-refractivity contribution in [2.45, 2.75) is 11.8 Å². The lowest BCUT2D eigenvalue weighted by atomic mass is 10.2. The van der Waals surface area contributed by atoms with Crippen molar-refractivity contribution in [1.82, 2.24) is 4.72 Å². The van der Waals surface area contributed by atoms with Gasteiger partial charge in [-0.05, 0) is 30.7 Å². The maximum Gasteiger partial charge on any atom is 0.328 e. The lowest BCUT2D eigenvalue weighted by Crippen LogP contribution is -2.27. The summed E-state index contributed by atoms with van der Waals surface area (Å²) in [4.78, 5) is 10.5. The Bertz CT molecular complexity index is 563. The second-order valence-electron chi connectivity index (χ2n) is 3.84. The molecule has 110 valence electrons. The minimum absolute atomic E-state index is 0.126. The zero-order valence-electron chi connectivity index (χ0n) is 11.1. The summed E-state index contributed by atoms with van der Waals surface area (Å²) < 4.78 is 31.2. The molecule has 0 heterocycles. The molecule has 1 aromatic rings. The first-order chi connectivity index (χ1) is 9.45. The third kappa shape index (κ3) is 5.52. The van der Waals surface area contributed by atoms with Crippen LogP contribution in [0, 0.1) is 0 Å². The normalized spacial score (nSPS) is 11.8. The Morgan fingerprint density at radius 1 is 1.35 bits per heavy atom. The fraction of sp³-hybridized carbons (Fsp3) is 0.308. The first-order valence-electron chi connectivity index (χ1n) is 6.04. The standard InChI is InChI=1S/C13H17NO5S/c1-2-19-10-9-14-20(17,18)12-6-3-11(4-7-12)5-8-13(15)16/h3-8,14H,2,9-10H2,1H3,(H,15,16)/b8-5+. The highest BCUT2D eigenvalue weighted by Gasteiger charge is 2.12. The van der Waals surface area contributed by atoms with Crippen molar-refractivity contribution < 1.29 is 23.1 Å². The number of ether oxygens (including phenoxy) is 1. The van der Waals surface area contributed by atoms with Gasteiger partial charge < -0.3 is 9.84 Å². The number of carboxylic acid groups (broad SMARTS) is 1. The van der Waals surface area contributed by atoms with E-state index in [4.69, 9.17) is 9.84 Å². The molecule has 0 aliphatic rings. The minimum Gasteiger partial charge on any atom is -0.478 e. The molecule has 0 aliphatic carbocycles. The van der Waals surface area contributed by atoms with Crippen LogP contribution in [0.25, 0.3) is 6.08 Å². The fourth-order valence-electron chi connectivity index (χ4n) is 1.40. The molecule has 0 saturated carbocycles. The molecule has 0 aliphatic heterocycles. The maximum atomic E-state index is 11.9. The Hall–Kier alpha value is -1.70. The average Bonchev–Trinajstić information content (AvgIpc) is 2.42. The van der Waals surface area contributed by atoms with Crippen molar-refractivity contribution in [3.63, 3.8) is 0 Å². The van der Waals surface area contributed by atoms with Crippen LogP contribution in [0.15, 0.2) is 35.2 Å². The van der Waals surface area contributed by atoms with Gasteiger partial charge in [-0.3, -0.25) is 0 Å². The van der Waals surface area contributed by atoms with E-state index in [2.05, 4.69) is 4.72 Å². The van der Waals surface area contributed by atoms with E-state index in [0.717, 1.165) is 6.08 Å². The third-order valence-corrected chi connectivity index (χ3v) is 3.83. The van der Waals surface area contributed by atoms with Gasteiger partial charge in [-0.15, -0.1) is 0 Å². The van der Waals surface area contributed by atoms with Crippen LogP contribution in [0.3, 0.4) is 0 Å². The first kappa shape index (κ1) is 16.4. The SMILES string of the molecule is CCOCCNS(=O)(=O)c1ccc(/C=C/C(=O)O)cc1. The van der Waals surface area contributed by atoms with Gasteiger partial charge in [0, 0.05) is 19.2 Å². The second-order valence-corrected chi connectivity index (χ2v) is 5.60. The van der Waals surface area contributed by atoms with Gasteiger partial charge in [-0.25, -0.2) is 17.9 Å². The first-order valence-corrected chi connectivity index (χ1v) is 7.52. The predicted molar refractivity (Wildman–Crippen MR) is 74.8 cm³/mol. The van der Waals surface area contributed by atoms with E-state index in [1.807, 2.05) is 6.92 Å². The van der Waals surface area contributed by atoms with E-state index < -0.39 is 16.0 Å². The molecule has 0 unspecified atom stereocenters. The number of sulfonamides is 1. The van der Waals surface area contributed by atoms with Crippen molar-refractivity contribution >= 4 is 22.1 Å². The van der Waals surface area contributed by atoms with Crippen LogP contribution in [0.5, 0.6) is 0 Å². The van der Waals surface area contributed by atoms with E-state index in [0.29, 0.717) is 18.8 Å². The molecule has 0 atom stereocenters. The third-order valence-electron chi connectivity index (χ3n) is 2.35. The molecule has 1 rings (SSSR count). The van der Waals surface area contributed by atoms with Crippen molar-refractivity contribution in [3.8, 4) is 0 Å². The number of carboxylic acids is 1. The molecule has 0 aromatic heterocycles. The van der Waals surface area contributed by atoms with E-state index in [1.165, 1.54) is 30.3 Å². The highest BCUT2D eigenvalue weighted by molar-refractivity contribution is 7.89. The van der Waals surface area contributed by atoms with E-state index in [-0.39, 0.29) is 11.4 Å². The number of benzene rings is 1. The van der Waals surface area contributed by atoms with Crippen LogP contribution in [0.1, 0.15) is 12.5 Å². The summed E-state index contributed by atoms with van der Waals surface area (Å²) in [7, 11) is -3.56. The topological polar surface area (TPSA) is 92.7 Å². The number of hydrogen-bond acceptors (Lipinski definition) is 4. The molecular weight excluding hydrogens is 282 g/mol. The van der Waals surface area contributed by atoms with Crippen LogP contribution in [-0.4, -0.2) is 39.3 Å². The van der Waals surface area contributed by atoms with Crippen LogP contribution < -0.4 is 4.72 Å². The lowest BCUT2D eigenvalue weighted by Gasteiger charge is -2.07. The van der Waals surface area contributed by atoms with Gasteiger partial charge >= 0.3 is 5.97 Å². The summed E-state index contributed by atoms with van der Waals surface area (Å²) in [5.41, 5.74) is 0.612. The average molecular weight is 299 g/mol. The van der Waals surface area contributed by atoms with E-state index in [9.17, 15) is 13.2 Å². The van der Waals surface area contributed by atoms with Crippen LogP contribution >= 0.6 is 0 Å². The highest BCUT2D eigenvalue weighted by Crippen LogP contribution is 2.11. The molecule has 0 spiro atoms. The zero-order chi connectivity index (χ0) is 15.0. The molecule has 6 nitrogen and oxygen atoms in total. The van der Waals surface area contributed by atoms with Gasteiger partial charge in [-0.1, -0.05) is 12.1 Å². The summed E-state index contributed by atoms with van der Waals surface area (Å²) in [6.45, 7) is 2.89. The summed E-state index contributed by atoms with van der Waals surface area (Å²) in [6, 6.07) is 5.92. The zero-order valence-corrected chi connectivity index (χ0v) is 11.9. The molecule has 20 heavy (non-hydrogen) atoms. The molecule has 0 amide bonds. The van der Waals surface area contributed by atoms with Gasteiger partial charge in [0.05, 0.1) is 11.5 Å². The summed E-state index contributed by atoms with van der Waals surface area (Å²) >= 11 is 0. The van der Waals surface area contributed by atoms with E-state index in [1.54, 1.807) is 0 Å². The number of aliphatic carboxylic acids is 1. The van der Waals surface area contributed by atoms with E-state index >= 15 is 0 Å². The Morgan fingerprint density at radius 3 is 2.55 bits per heavy atom. The van der Waals surface area contributed by atoms with Gasteiger partial charge in [0.1, 0.15) is 0 Å². The largest absolute Gasteiger partial charge is 0.478 e. The van der Waals surface area contributed by atoms with Gasteiger partial charge in [0.25, 0.3) is 0 Å². The molecule has 0 fully saturated rings. The lowest BCUT2D eigenvalue weighted by molar-refractivity contribution is -0.131. The smallest absolute Gasteiger partial charge is 0.328 e. The number of rotatable bonds is 8. The highest BCUT2D eigenvalue weighted by atomic mass is 32.2. The van der Waals surface area contributed by atoms with Crippen molar-refractivity contribution in [1.29, 1.82) is 0 Å². The Labute approximate surface area is 118 Å². The summed E-state index contributed by atoms with van der Waals surface area (Å²) in [5, 5.41) is 8.49.